The summed E-state index contributed by atoms with van der Waals surface area (Å²) >= 11 is 0. The summed E-state index contributed by atoms with van der Waals surface area (Å²) in [5.74, 6) is 1.85. The fourth-order valence-corrected chi connectivity index (χ4v) is 8.17. The molecule has 6 nitrogen and oxygen atoms in total. The molecule has 0 N–H and O–H groups in total. The van der Waals surface area contributed by atoms with Gasteiger partial charge in [-0.2, -0.15) is 15.0 Å². The van der Waals surface area contributed by atoms with Crippen molar-refractivity contribution in [2.24, 2.45) is 0 Å². The molecule has 6 heteroatoms. The zero-order chi connectivity index (χ0) is 33.5. The summed E-state index contributed by atoms with van der Waals surface area (Å²) in [5, 5.41) is 7.00. The maximum Gasteiger partial charge on any atom is 0.240 e. The van der Waals surface area contributed by atoms with Gasteiger partial charge in [-0.3, -0.25) is 9.13 Å². The van der Waals surface area contributed by atoms with E-state index in [4.69, 9.17) is 15.0 Å². The zero-order valence-electron chi connectivity index (χ0n) is 27.6. The molecule has 0 atom stereocenters. The van der Waals surface area contributed by atoms with Gasteiger partial charge in [0.1, 0.15) is 0 Å². The van der Waals surface area contributed by atoms with Gasteiger partial charge in [-0.1, -0.05) is 115 Å². The van der Waals surface area contributed by atoms with Crippen molar-refractivity contribution in [1.82, 2.24) is 28.7 Å². The maximum absolute atomic E-state index is 5.41. The second-order valence-corrected chi connectivity index (χ2v) is 13.2. The molecule has 1 aliphatic carbocycles. The summed E-state index contributed by atoms with van der Waals surface area (Å²) in [5.41, 5.74) is 8.68. The van der Waals surface area contributed by atoms with Gasteiger partial charge in [0, 0.05) is 43.6 Å². The Morgan fingerprint density at radius 2 is 0.961 bits per heavy atom. The average Bonchev–Trinajstić information content (AvgIpc) is 3.84. The largest absolute Gasteiger partial charge is 0.309 e. The monoisotopic (exact) mass is 654 g/mol. The average molecular weight is 655 g/mol. The highest BCUT2D eigenvalue weighted by Gasteiger charge is 2.24. The van der Waals surface area contributed by atoms with E-state index in [1.807, 2.05) is 0 Å². The minimum absolute atomic E-state index is 0.590. The molecule has 0 spiro atoms. The van der Waals surface area contributed by atoms with Gasteiger partial charge in [0.05, 0.1) is 33.1 Å². The number of rotatable bonds is 4. The molecule has 0 fully saturated rings. The predicted octanol–water partition coefficient (Wildman–Crippen LogP) is 10.9. The lowest BCUT2D eigenvalue weighted by Gasteiger charge is -2.14. The third-order valence-corrected chi connectivity index (χ3v) is 10.3. The van der Waals surface area contributed by atoms with Crippen LogP contribution >= 0.6 is 0 Å². The fourth-order valence-electron chi connectivity index (χ4n) is 8.17. The molecule has 51 heavy (non-hydrogen) atoms. The van der Waals surface area contributed by atoms with Crippen molar-refractivity contribution in [2.75, 3.05) is 0 Å². The molecule has 0 bridgehead atoms. The quantitative estimate of drug-likeness (QED) is 0.190. The number of hydrogen-bond donors (Lipinski definition) is 0. The van der Waals surface area contributed by atoms with Crippen molar-refractivity contribution in [3.05, 3.63) is 164 Å². The lowest BCUT2D eigenvalue weighted by molar-refractivity contribution is 0.873. The first-order valence-electron chi connectivity index (χ1n) is 17.5. The molecular formula is C45H30N6. The second kappa shape index (κ2) is 10.9. The van der Waals surface area contributed by atoms with Gasteiger partial charge in [0.15, 0.2) is 5.82 Å². The number of aromatic nitrogens is 6. The Morgan fingerprint density at radius 1 is 0.412 bits per heavy atom. The van der Waals surface area contributed by atoms with Gasteiger partial charge in [0.25, 0.3) is 0 Å². The highest BCUT2D eigenvalue weighted by molar-refractivity contribution is 6.26. The molecular weight excluding hydrogens is 625 g/mol. The van der Waals surface area contributed by atoms with E-state index < -0.39 is 0 Å². The SMILES string of the molecule is C1=CC(c2nc(-n3c4ccccc4c4ccccc43)nc(-n3c4ccccc4c4ccc5c(c6ccccc6n5-c5ccccc5)c43)n2)=CCC1. The van der Waals surface area contributed by atoms with Crippen LogP contribution in [0.2, 0.25) is 0 Å². The van der Waals surface area contributed by atoms with E-state index in [1.165, 1.54) is 21.5 Å². The molecule has 4 aromatic heterocycles. The van der Waals surface area contributed by atoms with Gasteiger partial charge in [-0.25, -0.2) is 0 Å². The maximum atomic E-state index is 5.41. The number of allylic oxidation sites excluding steroid dienone is 4. The van der Waals surface area contributed by atoms with Crippen LogP contribution < -0.4 is 0 Å². The number of hydrogen-bond acceptors (Lipinski definition) is 3. The summed E-state index contributed by atoms with van der Waals surface area (Å²) in [7, 11) is 0. The predicted molar refractivity (Wildman–Crippen MR) is 209 cm³/mol. The Hall–Kier alpha value is -6.79. The molecule has 4 heterocycles. The molecule has 0 aliphatic heterocycles. The van der Waals surface area contributed by atoms with Crippen LogP contribution in [0.3, 0.4) is 0 Å². The van der Waals surface area contributed by atoms with Crippen LogP contribution in [-0.4, -0.2) is 28.7 Å². The standard InChI is InChI=1S/C45H30N6/c1-3-15-29(16-4-1)43-46-44(50-36-23-11-7-19-31(36)32-20-8-12-24-37(32)50)48-45(47-43)51-38-25-13-9-21-33(38)34-27-28-40-41(42(34)51)35-22-10-14-26-39(35)49(40)30-17-5-2-6-18-30/h2-3,5-28H,1,4H2. The first-order valence-corrected chi connectivity index (χ1v) is 17.5. The molecule has 11 rings (SSSR count). The smallest absolute Gasteiger partial charge is 0.240 e. The Labute approximate surface area is 292 Å². The third-order valence-electron chi connectivity index (χ3n) is 10.3. The molecule has 0 amide bonds. The fraction of sp³-hybridized carbons (Fsp3) is 0.0444. The highest BCUT2D eigenvalue weighted by Crippen LogP contribution is 2.42. The van der Waals surface area contributed by atoms with Crippen molar-refractivity contribution in [3.8, 4) is 17.6 Å². The Morgan fingerprint density at radius 3 is 1.61 bits per heavy atom. The zero-order valence-corrected chi connectivity index (χ0v) is 27.6. The van der Waals surface area contributed by atoms with Crippen LogP contribution in [0.25, 0.3) is 88.6 Å². The third kappa shape index (κ3) is 4.07. The van der Waals surface area contributed by atoms with E-state index in [1.54, 1.807) is 0 Å². The van der Waals surface area contributed by atoms with Crippen LogP contribution in [0.15, 0.2) is 158 Å². The van der Waals surface area contributed by atoms with E-state index in [2.05, 4.69) is 171 Å². The normalized spacial score (nSPS) is 13.4. The van der Waals surface area contributed by atoms with Crippen LogP contribution in [0, 0.1) is 0 Å². The molecule has 0 unspecified atom stereocenters. The molecule has 0 radical (unpaired) electrons. The Bertz CT molecular complexity index is 3030. The summed E-state index contributed by atoms with van der Waals surface area (Å²) in [6, 6.07) is 49.5. The molecule has 1 aliphatic rings. The molecule has 6 aromatic carbocycles. The molecule has 0 saturated carbocycles. The summed E-state index contributed by atoms with van der Waals surface area (Å²) in [4.78, 5) is 16.0. The Balaban J connectivity index is 1.30. The summed E-state index contributed by atoms with van der Waals surface area (Å²) < 4.78 is 6.83. The minimum atomic E-state index is 0.590. The van der Waals surface area contributed by atoms with Gasteiger partial charge in [-0.15, -0.1) is 0 Å². The van der Waals surface area contributed by atoms with E-state index in [9.17, 15) is 0 Å². The highest BCUT2D eigenvalue weighted by atomic mass is 15.3. The van der Waals surface area contributed by atoms with Crippen molar-refractivity contribution >= 4 is 71.0 Å². The van der Waals surface area contributed by atoms with Crippen LogP contribution in [0.4, 0.5) is 0 Å². The minimum Gasteiger partial charge on any atom is -0.309 e. The van der Waals surface area contributed by atoms with Crippen molar-refractivity contribution in [2.45, 2.75) is 12.8 Å². The van der Waals surface area contributed by atoms with E-state index >= 15 is 0 Å². The number of fused-ring (bicyclic) bond motifs is 10. The Kier molecular flexibility index (Phi) is 5.98. The van der Waals surface area contributed by atoms with Gasteiger partial charge in [-0.05, 0) is 55.3 Å². The van der Waals surface area contributed by atoms with Crippen LogP contribution in [0.5, 0.6) is 0 Å². The topological polar surface area (TPSA) is 53.5 Å². The second-order valence-electron chi connectivity index (χ2n) is 13.2. The number of benzene rings is 6. The van der Waals surface area contributed by atoms with Crippen LogP contribution in [-0.2, 0) is 0 Å². The molecule has 10 aromatic rings. The summed E-state index contributed by atoms with van der Waals surface area (Å²) in [6.45, 7) is 0. The van der Waals surface area contributed by atoms with Gasteiger partial charge in [0.2, 0.25) is 11.9 Å². The van der Waals surface area contributed by atoms with Crippen LogP contribution in [0.1, 0.15) is 18.7 Å². The number of nitrogens with zero attached hydrogens (tertiary/aromatic N) is 6. The lowest BCUT2D eigenvalue weighted by atomic mass is 10.1. The van der Waals surface area contributed by atoms with E-state index in [0.717, 1.165) is 68.0 Å². The summed E-state index contributed by atoms with van der Waals surface area (Å²) in [6.07, 6.45) is 8.56. The molecule has 240 valence electrons. The van der Waals surface area contributed by atoms with Crippen molar-refractivity contribution in [3.63, 3.8) is 0 Å². The van der Waals surface area contributed by atoms with Crippen molar-refractivity contribution < 1.29 is 0 Å². The van der Waals surface area contributed by atoms with E-state index in [0.29, 0.717) is 17.7 Å². The first kappa shape index (κ1) is 28.1. The number of para-hydroxylation sites is 5. The molecule has 0 saturated heterocycles. The van der Waals surface area contributed by atoms with Gasteiger partial charge >= 0.3 is 0 Å². The lowest BCUT2D eigenvalue weighted by Crippen LogP contribution is -2.11. The van der Waals surface area contributed by atoms with Crippen molar-refractivity contribution in [1.29, 1.82) is 0 Å². The first-order chi connectivity index (χ1) is 25.3. The van der Waals surface area contributed by atoms with E-state index in [-0.39, 0.29) is 0 Å². The van der Waals surface area contributed by atoms with Gasteiger partial charge < -0.3 is 4.57 Å².